The standard InChI is InChI=1S/C16H24N2O2S/c1-16(2,3)20-15(19)18-9-5-7-14(18)12-21-11-13-6-4-8-17-10-13/h4,6,8,10,14H,5,7,9,11-12H2,1-3H3/t14-/m1/s1. The minimum absolute atomic E-state index is 0.174. The van der Waals surface area contributed by atoms with Crippen molar-refractivity contribution in [3.8, 4) is 0 Å². The predicted molar refractivity (Wildman–Crippen MR) is 86.4 cm³/mol. The van der Waals surface area contributed by atoms with E-state index in [1.165, 1.54) is 5.56 Å². The zero-order chi connectivity index (χ0) is 15.3. The average Bonchev–Trinajstić information content (AvgIpc) is 2.86. The highest BCUT2D eigenvalue weighted by Crippen LogP contribution is 2.25. The Labute approximate surface area is 131 Å². The molecule has 0 radical (unpaired) electrons. The number of thioether (sulfide) groups is 1. The predicted octanol–water partition coefficient (Wildman–Crippen LogP) is 3.71. The molecule has 0 aromatic carbocycles. The van der Waals surface area contributed by atoms with E-state index >= 15 is 0 Å². The van der Waals surface area contributed by atoms with Gasteiger partial charge < -0.3 is 9.64 Å². The van der Waals surface area contributed by atoms with Crippen molar-refractivity contribution in [3.63, 3.8) is 0 Å². The van der Waals surface area contributed by atoms with Crippen LogP contribution >= 0.6 is 11.8 Å². The van der Waals surface area contributed by atoms with Crippen LogP contribution in [0.5, 0.6) is 0 Å². The molecule has 1 aromatic rings. The monoisotopic (exact) mass is 308 g/mol. The zero-order valence-electron chi connectivity index (χ0n) is 13.0. The second-order valence-electron chi connectivity index (χ2n) is 6.35. The minimum atomic E-state index is -0.424. The minimum Gasteiger partial charge on any atom is -0.444 e. The molecule has 1 fully saturated rings. The third-order valence-corrected chi connectivity index (χ3v) is 4.46. The molecule has 1 amide bonds. The van der Waals surface area contributed by atoms with Crippen molar-refractivity contribution >= 4 is 17.9 Å². The molecule has 0 unspecified atom stereocenters. The topological polar surface area (TPSA) is 42.4 Å². The van der Waals surface area contributed by atoms with E-state index in [1.807, 2.05) is 49.7 Å². The lowest BCUT2D eigenvalue weighted by Gasteiger charge is -2.28. The quantitative estimate of drug-likeness (QED) is 0.850. The van der Waals surface area contributed by atoms with Gasteiger partial charge in [0, 0.05) is 36.5 Å². The van der Waals surface area contributed by atoms with Crippen LogP contribution in [0.25, 0.3) is 0 Å². The number of nitrogens with zero attached hydrogens (tertiary/aromatic N) is 2. The van der Waals surface area contributed by atoms with Crippen LogP contribution in [0.1, 0.15) is 39.2 Å². The number of amides is 1. The Morgan fingerprint density at radius 3 is 3.00 bits per heavy atom. The summed E-state index contributed by atoms with van der Waals surface area (Å²) in [6.45, 7) is 6.54. The van der Waals surface area contributed by atoms with Crippen molar-refractivity contribution in [2.45, 2.75) is 51.0 Å². The highest BCUT2D eigenvalue weighted by molar-refractivity contribution is 7.98. The number of ether oxygens (including phenoxy) is 1. The van der Waals surface area contributed by atoms with E-state index in [4.69, 9.17) is 4.74 Å². The van der Waals surface area contributed by atoms with E-state index in [2.05, 4.69) is 11.1 Å². The van der Waals surface area contributed by atoms with Crippen molar-refractivity contribution in [2.24, 2.45) is 0 Å². The smallest absolute Gasteiger partial charge is 0.410 e. The van der Waals surface area contributed by atoms with Crippen molar-refractivity contribution in [1.29, 1.82) is 0 Å². The van der Waals surface area contributed by atoms with E-state index in [9.17, 15) is 4.79 Å². The van der Waals surface area contributed by atoms with Gasteiger partial charge in [-0.15, -0.1) is 0 Å². The van der Waals surface area contributed by atoms with Crippen molar-refractivity contribution in [1.82, 2.24) is 9.88 Å². The second-order valence-corrected chi connectivity index (χ2v) is 7.38. The zero-order valence-corrected chi connectivity index (χ0v) is 13.9. The van der Waals surface area contributed by atoms with Crippen LogP contribution in [-0.4, -0.2) is 39.9 Å². The molecule has 4 nitrogen and oxygen atoms in total. The van der Waals surface area contributed by atoms with Gasteiger partial charge in [0.25, 0.3) is 0 Å². The number of aromatic nitrogens is 1. The molecule has 2 rings (SSSR count). The molecule has 0 aliphatic carbocycles. The molecule has 1 aliphatic rings. The van der Waals surface area contributed by atoms with E-state index in [1.54, 1.807) is 6.20 Å². The second kappa shape index (κ2) is 7.16. The third-order valence-electron chi connectivity index (χ3n) is 3.31. The van der Waals surface area contributed by atoms with Crippen LogP contribution in [0.15, 0.2) is 24.5 Å². The molecule has 1 saturated heterocycles. The van der Waals surface area contributed by atoms with Crippen molar-refractivity contribution in [2.75, 3.05) is 12.3 Å². The first-order valence-electron chi connectivity index (χ1n) is 7.42. The number of likely N-dealkylation sites (tertiary alicyclic amines) is 1. The van der Waals surface area contributed by atoms with E-state index in [0.29, 0.717) is 6.04 Å². The van der Waals surface area contributed by atoms with Gasteiger partial charge in [-0.05, 0) is 45.2 Å². The van der Waals surface area contributed by atoms with Gasteiger partial charge in [-0.2, -0.15) is 11.8 Å². The molecule has 0 saturated carbocycles. The first-order valence-corrected chi connectivity index (χ1v) is 8.57. The largest absolute Gasteiger partial charge is 0.444 e. The number of carbonyl (C=O) groups is 1. The number of rotatable bonds is 4. The summed E-state index contributed by atoms with van der Waals surface area (Å²) in [5, 5.41) is 0. The number of hydrogen-bond acceptors (Lipinski definition) is 4. The van der Waals surface area contributed by atoms with Crippen LogP contribution in [0.2, 0.25) is 0 Å². The lowest BCUT2D eigenvalue weighted by atomic mass is 10.2. The summed E-state index contributed by atoms with van der Waals surface area (Å²) < 4.78 is 5.48. The molecule has 2 heterocycles. The van der Waals surface area contributed by atoms with Gasteiger partial charge in [0.2, 0.25) is 0 Å². The van der Waals surface area contributed by atoms with Crippen LogP contribution in [0, 0.1) is 0 Å². The fourth-order valence-electron chi connectivity index (χ4n) is 2.37. The fraction of sp³-hybridized carbons (Fsp3) is 0.625. The Morgan fingerprint density at radius 2 is 2.33 bits per heavy atom. The number of hydrogen-bond donors (Lipinski definition) is 0. The maximum absolute atomic E-state index is 12.2. The summed E-state index contributed by atoms with van der Waals surface area (Å²) in [5.74, 6) is 1.89. The summed E-state index contributed by atoms with van der Waals surface area (Å²) in [5.41, 5.74) is 0.803. The number of pyridine rings is 1. The lowest BCUT2D eigenvalue weighted by molar-refractivity contribution is 0.0242. The molecule has 1 aromatic heterocycles. The molecule has 0 bridgehead atoms. The third kappa shape index (κ3) is 5.23. The molecular formula is C16H24N2O2S. The maximum atomic E-state index is 12.2. The molecule has 1 atom stereocenters. The summed E-state index contributed by atoms with van der Waals surface area (Å²) in [4.78, 5) is 18.2. The summed E-state index contributed by atoms with van der Waals surface area (Å²) in [6, 6.07) is 4.33. The van der Waals surface area contributed by atoms with Crippen molar-refractivity contribution in [3.05, 3.63) is 30.1 Å². The normalized spacial score (nSPS) is 18.8. The highest BCUT2D eigenvalue weighted by Gasteiger charge is 2.31. The molecule has 116 valence electrons. The Balaban J connectivity index is 1.80. The van der Waals surface area contributed by atoms with Gasteiger partial charge >= 0.3 is 6.09 Å². The summed E-state index contributed by atoms with van der Waals surface area (Å²) in [7, 11) is 0. The van der Waals surface area contributed by atoms with Crippen LogP contribution in [0.4, 0.5) is 4.79 Å². The first-order chi connectivity index (χ1) is 9.96. The fourth-order valence-corrected chi connectivity index (χ4v) is 3.51. The molecule has 1 aliphatic heterocycles. The van der Waals surface area contributed by atoms with Gasteiger partial charge in [0.1, 0.15) is 5.60 Å². The maximum Gasteiger partial charge on any atom is 0.410 e. The summed E-state index contributed by atoms with van der Waals surface area (Å²) >= 11 is 1.85. The summed E-state index contributed by atoms with van der Waals surface area (Å²) in [6.07, 6.45) is 5.64. The van der Waals surface area contributed by atoms with Gasteiger partial charge in [-0.25, -0.2) is 4.79 Å². The average molecular weight is 308 g/mol. The Morgan fingerprint density at radius 1 is 1.52 bits per heavy atom. The Kier molecular flexibility index (Phi) is 5.51. The van der Waals surface area contributed by atoms with Crippen LogP contribution in [-0.2, 0) is 10.5 Å². The Bertz CT molecular complexity index is 459. The van der Waals surface area contributed by atoms with Crippen LogP contribution < -0.4 is 0 Å². The SMILES string of the molecule is CC(C)(C)OC(=O)N1CCC[C@@H]1CSCc1cccnc1. The van der Waals surface area contributed by atoms with Gasteiger partial charge in [-0.3, -0.25) is 4.98 Å². The molecule has 0 spiro atoms. The Hall–Kier alpha value is -1.23. The van der Waals surface area contributed by atoms with Crippen molar-refractivity contribution < 1.29 is 9.53 Å². The van der Waals surface area contributed by atoms with E-state index < -0.39 is 5.60 Å². The van der Waals surface area contributed by atoms with E-state index in [-0.39, 0.29) is 6.09 Å². The van der Waals surface area contributed by atoms with Gasteiger partial charge in [0.05, 0.1) is 0 Å². The molecular weight excluding hydrogens is 284 g/mol. The first kappa shape index (κ1) is 16.1. The molecule has 5 heteroatoms. The van der Waals surface area contributed by atoms with Crippen LogP contribution in [0.3, 0.4) is 0 Å². The molecule has 0 N–H and O–H groups in total. The number of carbonyl (C=O) groups excluding carboxylic acids is 1. The lowest BCUT2D eigenvalue weighted by Crippen LogP contribution is -2.40. The van der Waals surface area contributed by atoms with Gasteiger partial charge in [-0.1, -0.05) is 6.07 Å². The van der Waals surface area contributed by atoms with E-state index in [0.717, 1.165) is 30.9 Å². The molecule has 21 heavy (non-hydrogen) atoms. The highest BCUT2D eigenvalue weighted by atomic mass is 32.2. The van der Waals surface area contributed by atoms with Gasteiger partial charge in [0.15, 0.2) is 0 Å².